The Bertz CT molecular complexity index is 775. The first-order chi connectivity index (χ1) is 12.1. The molecule has 1 aliphatic heterocycles. The van der Waals surface area contributed by atoms with Crippen LogP contribution < -0.4 is 5.43 Å². The summed E-state index contributed by atoms with van der Waals surface area (Å²) >= 11 is 3.36. The van der Waals surface area contributed by atoms with Crippen LogP contribution in [0, 0.1) is 0 Å². The number of nitrogens with one attached hydrogen (secondary N) is 1. The van der Waals surface area contributed by atoms with Crippen molar-refractivity contribution < 1.29 is 9.59 Å². The Morgan fingerprint density at radius 3 is 2.64 bits per heavy atom. The highest BCUT2D eigenvalue weighted by molar-refractivity contribution is 9.10. The molecular weight excluding hydrogens is 382 g/mol. The summed E-state index contributed by atoms with van der Waals surface area (Å²) in [6.07, 6.45) is 2.02. The summed E-state index contributed by atoms with van der Waals surface area (Å²) in [7, 11) is 0. The van der Waals surface area contributed by atoms with Gasteiger partial charge in [0.05, 0.1) is 6.21 Å². The zero-order valence-corrected chi connectivity index (χ0v) is 15.1. The molecule has 3 rings (SSSR count). The lowest BCUT2D eigenvalue weighted by atomic mass is 9.99. The molecule has 128 valence electrons. The molecule has 1 atom stereocenters. The number of benzene rings is 2. The highest BCUT2D eigenvalue weighted by Crippen LogP contribution is 2.27. The number of nitrogens with zero attached hydrogens (tertiary/aromatic N) is 2. The minimum absolute atomic E-state index is 0.000826. The van der Waals surface area contributed by atoms with Gasteiger partial charge < -0.3 is 4.90 Å². The minimum atomic E-state index is -0.296. The summed E-state index contributed by atoms with van der Waals surface area (Å²) in [5, 5.41) is 3.94. The Labute approximate surface area is 154 Å². The average molecular weight is 400 g/mol. The third-order valence-electron chi connectivity index (χ3n) is 4.09. The number of hydrazone groups is 1. The molecular formula is C19H18BrN3O2. The summed E-state index contributed by atoms with van der Waals surface area (Å²) < 4.78 is 0.981. The fourth-order valence-corrected chi connectivity index (χ4v) is 3.07. The predicted molar refractivity (Wildman–Crippen MR) is 100 cm³/mol. The second-order valence-electron chi connectivity index (χ2n) is 5.93. The maximum atomic E-state index is 12.1. The van der Waals surface area contributed by atoms with E-state index < -0.39 is 0 Å². The molecule has 1 saturated heterocycles. The van der Waals surface area contributed by atoms with Crippen LogP contribution in [0.4, 0.5) is 0 Å². The van der Waals surface area contributed by atoms with E-state index in [9.17, 15) is 9.59 Å². The topological polar surface area (TPSA) is 61.8 Å². The molecule has 0 radical (unpaired) electrons. The van der Waals surface area contributed by atoms with Gasteiger partial charge in [0.1, 0.15) is 6.54 Å². The minimum Gasteiger partial charge on any atom is -0.333 e. The molecule has 1 heterocycles. The van der Waals surface area contributed by atoms with Crippen LogP contribution >= 0.6 is 15.9 Å². The quantitative estimate of drug-likeness (QED) is 0.620. The van der Waals surface area contributed by atoms with Crippen LogP contribution in [-0.2, 0) is 9.59 Å². The molecule has 2 amide bonds. The Morgan fingerprint density at radius 2 is 1.92 bits per heavy atom. The molecule has 0 spiro atoms. The molecule has 0 bridgehead atoms. The molecule has 0 unspecified atom stereocenters. The standard InChI is InChI=1S/C19H18BrN3O2/c20-17-8-6-14(7-9-17)11-21-22-18(24)13-23-12-16(10-19(23)25)15-4-2-1-3-5-15/h1-9,11,16H,10,12-13H2,(H,22,24)/b21-11-/t16-/m1/s1. The van der Waals surface area contributed by atoms with Crippen LogP contribution in [0.15, 0.2) is 64.2 Å². The van der Waals surface area contributed by atoms with Crippen molar-refractivity contribution in [2.75, 3.05) is 13.1 Å². The van der Waals surface area contributed by atoms with E-state index in [1.807, 2.05) is 54.6 Å². The first-order valence-corrected chi connectivity index (χ1v) is 8.81. The fourth-order valence-electron chi connectivity index (χ4n) is 2.81. The van der Waals surface area contributed by atoms with E-state index in [4.69, 9.17) is 0 Å². The lowest BCUT2D eigenvalue weighted by Gasteiger charge is -2.15. The zero-order valence-electron chi connectivity index (χ0n) is 13.6. The maximum Gasteiger partial charge on any atom is 0.259 e. The van der Waals surface area contributed by atoms with Gasteiger partial charge in [-0.15, -0.1) is 0 Å². The molecule has 0 saturated carbocycles. The third-order valence-corrected chi connectivity index (χ3v) is 4.62. The van der Waals surface area contributed by atoms with E-state index in [-0.39, 0.29) is 24.3 Å². The van der Waals surface area contributed by atoms with Crippen molar-refractivity contribution in [3.05, 3.63) is 70.2 Å². The van der Waals surface area contributed by atoms with Crippen molar-refractivity contribution in [2.45, 2.75) is 12.3 Å². The smallest absolute Gasteiger partial charge is 0.259 e. The van der Waals surface area contributed by atoms with E-state index in [0.717, 1.165) is 15.6 Å². The van der Waals surface area contributed by atoms with Crippen molar-refractivity contribution in [2.24, 2.45) is 5.10 Å². The van der Waals surface area contributed by atoms with Gasteiger partial charge in [0.15, 0.2) is 0 Å². The molecule has 1 aliphatic rings. The molecule has 1 N–H and O–H groups in total. The summed E-state index contributed by atoms with van der Waals surface area (Å²) in [5.41, 5.74) is 4.48. The summed E-state index contributed by atoms with van der Waals surface area (Å²) in [4.78, 5) is 25.7. The van der Waals surface area contributed by atoms with Crippen LogP contribution in [0.5, 0.6) is 0 Å². The van der Waals surface area contributed by atoms with Gasteiger partial charge in [-0.05, 0) is 23.3 Å². The first-order valence-electron chi connectivity index (χ1n) is 8.02. The zero-order chi connectivity index (χ0) is 17.6. The molecule has 1 fully saturated rings. The number of likely N-dealkylation sites (tertiary alicyclic amines) is 1. The number of hydrogen-bond acceptors (Lipinski definition) is 3. The highest BCUT2D eigenvalue weighted by atomic mass is 79.9. The second kappa shape index (κ2) is 8.07. The number of halogens is 1. The largest absolute Gasteiger partial charge is 0.333 e. The third kappa shape index (κ3) is 4.76. The first kappa shape index (κ1) is 17.4. The van der Waals surface area contributed by atoms with Crippen molar-refractivity contribution in [3.8, 4) is 0 Å². The van der Waals surface area contributed by atoms with E-state index in [1.165, 1.54) is 0 Å². The molecule has 2 aromatic rings. The molecule has 6 heteroatoms. The molecule has 0 aromatic heterocycles. The number of amides is 2. The van der Waals surface area contributed by atoms with Crippen molar-refractivity contribution >= 4 is 34.0 Å². The number of carbonyl (C=O) groups excluding carboxylic acids is 2. The van der Waals surface area contributed by atoms with Gasteiger partial charge in [0.25, 0.3) is 5.91 Å². The van der Waals surface area contributed by atoms with Gasteiger partial charge >= 0.3 is 0 Å². The van der Waals surface area contributed by atoms with Crippen LogP contribution in [0.25, 0.3) is 0 Å². The van der Waals surface area contributed by atoms with Gasteiger partial charge in [-0.25, -0.2) is 5.43 Å². The Kier molecular flexibility index (Phi) is 5.60. The Morgan fingerprint density at radius 1 is 1.20 bits per heavy atom. The normalized spacial score (nSPS) is 17.2. The monoisotopic (exact) mass is 399 g/mol. The van der Waals surface area contributed by atoms with Gasteiger partial charge in [-0.2, -0.15) is 5.10 Å². The maximum absolute atomic E-state index is 12.1. The summed E-state index contributed by atoms with van der Waals surface area (Å²) in [6, 6.07) is 17.5. The summed E-state index contributed by atoms with van der Waals surface area (Å²) in [5.74, 6) is -0.149. The van der Waals surface area contributed by atoms with E-state index in [0.29, 0.717) is 13.0 Å². The van der Waals surface area contributed by atoms with Crippen LogP contribution in [0.2, 0.25) is 0 Å². The second-order valence-corrected chi connectivity index (χ2v) is 6.85. The van der Waals surface area contributed by atoms with Gasteiger partial charge in [0, 0.05) is 23.4 Å². The Balaban J connectivity index is 1.51. The van der Waals surface area contributed by atoms with Gasteiger partial charge in [0.2, 0.25) is 5.91 Å². The number of carbonyl (C=O) groups is 2. The van der Waals surface area contributed by atoms with Crippen LogP contribution in [-0.4, -0.2) is 36.0 Å². The van der Waals surface area contributed by atoms with Crippen LogP contribution in [0.3, 0.4) is 0 Å². The molecule has 5 nitrogen and oxygen atoms in total. The Hall–Kier alpha value is -2.47. The van der Waals surface area contributed by atoms with E-state index in [2.05, 4.69) is 26.5 Å². The highest BCUT2D eigenvalue weighted by Gasteiger charge is 2.31. The van der Waals surface area contributed by atoms with Crippen molar-refractivity contribution in [1.29, 1.82) is 0 Å². The predicted octanol–water partition coefficient (Wildman–Crippen LogP) is 2.92. The van der Waals surface area contributed by atoms with Crippen molar-refractivity contribution in [1.82, 2.24) is 10.3 Å². The molecule has 25 heavy (non-hydrogen) atoms. The van der Waals surface area contributed by atoms with Gasteiger partial charge in [-0.3, -0.25) is 9.59 Å². The van der Waals surface area contributed by atoms with Crippen LogP contribution in [0.1, 0.15) is 23.5 Å². The lowest BCUT2D eigenvalue weighted by molar-refractivity contribution is -0.133. The average Bonchev–Trinajstić information content (AvgIpc) is 2.98. The van der Waals surface area contributed by atoms with Crippen molar-refractivity contribution in [3.63, 3.8) is 0 Å². The van der Waals surface area contributed by atoms with E-state index >= 15 is 0 Å². The summed E-state index contributed by atoms with van der Waals surface area (Å²) in [6.45, 7) is 0.590. The molecule has 2 aromatic carbocycles. The SMILES string of the molecule is O=C(CN1C[C@H](c2ccccc2)CC1=O)N/N=C\c1ccc(Br)cc1. The van der Waals surface area contributed by atoms with Gasteiger partial charge in [-0.1, -0.05) is 58.4 Å². The fraction of sp³-hybridized carbons (Fsp3) is 0.211. The molecule has 0 aliphatic carbocycles. The van der Waals surface area contributed by atoms with E-state index in [1.54, 1.807) is 11.1 Å². The number of rotatable bonds is 5. The number of hydrogen-bond donors (Lipinski definition) is 1. The lowest BCUT2D eigenvalue weighted by Crippen LogP contribution is -2.36.